The van der Waals surface area contributed by atoms with E-state index in [1.807, 2.05) is 26.2 Å². The molecule has 0 atom stereocenters. The number of hydrogen-bond donors (Lipinski definition) is 1. The van der Waals surface area contributed by atoms with Gasteiger partial charge in [-0.1, -0.05) is 6.92 Å². The van der Waals surface area contributed by atoms with Gasteiger partial charge in [0.15, 0.2) is 0 Å². The molecule has 2 rings (SSSR count). The van der Waals surface area contributed by atoms with E-state index in [1.54, 1.807) is 4.68 Å². The molecule has 1 N–H and O–H groups in total. The van der Waals surface area contributed by atoms with E-state index in [2.05, 4.69) is 34.2 Å². The first-order valence-electron chi connectivity index (χ1n) is 6.27. The second kappa shape index (κ2) is 5.16. The van der Waals surface area contributed by atoms with Crippen LogP contribution in [-0.4, -0.2) is 26.3 Å². The van der Waals surface area contributed by atoms with Crippen molar-refractivity contribution in [3.05, 3.63) is 23.7 Å². The average Bonchev–Trinajstić information content (AvgIpc) is 2.78. The fraction of sp³-hybridized carbons (Fsp3) is 0.462. The fourth-order valence-corrected chi connectivity index (χ4v) is 1.85. The molecule has 0 aliphatic carbocycles. The van der Waals surface area contributed by atoms with Gasteiger partial charge in [-0.05, 0) is 19.9 Å². The molecular formula is C13H19N5. The molecule has 0 saturated heterocycles. The third-order valence-corrected chi connectivity index (χ3v) is 2.81. The van der Waals surface area contributed by atoms with Crippen LogP contribution in [0.5, 0.6) is 0 Å². The first-order chi connectivity index (χ1) is 8.65. The van der Waals surface area contributed by atoms with Crippen LogP contribution in [0.3, 0.4) is 0 Å². The first-order valence-corrected chi connectivity index (χ1v) is 6.27. The van der Waals surface area contributed by atoms with Gasteiger partial charge in [-0.25, -0.2) is 9.97 Å². The molecule has 18 heavy (non-hydrogen) atoms. The van der Waals surface area contributed by atoms with Gasteiger partial charge in [0.1, 0.15) is 17.3 Å². The molecule has 96 valence electrons. The molecular weight excluding hydrogens is 226 g/mol. The minimum absolute atomic E-state index is 0.818. The minimum atomic E-state index is 0.818. The van der Waals surface area contributed by atoms with Gasteiger partial charge in [-0.15, -0.1) is 0 Å². The summed E-state index contributed by atoms with van der Waals surface area (Å²) >= 11 is 0. The van der Waals surface area contributed by atoms with Crippen molar-refractivity contribution in [2.24, 2.45) is 7.05 Å². The van der Waals surface area contributed by atoms with Gasteiger partial charge in [0.2, 0.25) is 0 Å². The topological polar surface area (TPSA) is 55.6 Å². The summed E-state index contributed by atoms with van der Waals surface area (Å²) in [6.07, 6.45) is 2.74. The predicted molar refractivity (Wildman–Crippen MR) is 72.5 cm³/mol. The minimum Gasteiger partial charge on any atom is -0.370 e. The van der Waals surface area contributed by atoms with Gasteiger partial charge < -0.3 is 5.32 Å². The molecule has 5 nitrogen and oxygen atoms in total. The van der Waals surface area contributed by atoms with E-state index in [0.717, 1.165) is 41.6 Å². The maximum Gasteiger partial charge on any atom is 0.133 e. The maximum absolute atomic E-state index is 4.59. The Labute approximate surface area is 107 Å². The van der Waals surface area contributed by atoms with Gasteiger partial charge in [0, 0.05) is 31.8 Å². The van der Waals surface area contributed by atoms with Crippen LogP contribution in [0.2, 0.25) is 0 Å². The summed E-state index contributed by atoms with van der Waals surface area (Å²) in [5.41, 5.74) is 2.86. The molecule has 0 spiro atoms. The van der Waals surface area contributed by atoms with Gasteiger partial charge in [-0.3, -0.25) is 4.68 Å². The molecule has 2 aromatic heterocycles. The van der Waals surface area contributed by atoms with Crippen molar-refractivity contribution in [3.8, 4) is 11.4 Å². The van der Waals surface area contributed by atoms with Crippen molar-refractivity contribution in [1.82, 2.24) is 19.7 Å². The fourth-order valence-electron chi connectivity index (χ4n) is 1.85. The Morgan fingerprint density at radius 2 is 2.06 bits per heavy atom. The lowest BCUT2D eigenvalue weighted by Gasteiger charge is -2.11. The highest BCUT2D eigenvalue weighted by Gasteiger charge is 2.13. The second-order valence-electron chi connectivity index (χ2n) is 4.22. The highest BCUT2D eigenvalue weighted by molar-refractivity contribution is 5.64. The van der Waals surface area contributed by atoms with Crippen molar-refractivity contribution in [3.63, 3.8) is 0 Å². The SMILES string of the molecule is CCNc1nc(CC)nc(-c2ccn(C)n2)c1C. The number of nitrogens with zero attached hydrogens (tertiary/aromatic N) is 4. The van der Waals surface area contributed by atoms with Gasteiger partial charge in [-0.2, -0.15) is 5.10 Å². The van der Waals surface area contributed by atoms with Crippen molar-refractivity contribution in [1.29, 1.82) is 0 Å². The Bertz CT molecular complexity index is 544. The van der Waals surface area contributed by atoms with Crippen LogP contribution in [0.1, 0.15) is 25.2 Å². The van der Waals surface area contributed by atoms with E-state index in [9.17, 15) is 0 Å². The quantitative estimate of drug-likeness (QED) is 0.897. The van der Waals surface area contributed by atoms with Crippen molar-refractivity contribution >= 4 is 5.82 Å². The number of aromatic nitrogens is 4. The molecule has 0 fully saturated rings. The third kappa shape index (κ3) is 2.34. The third-order valence-electron chi connectivity index (χ3n) is 2.81. The number of rotatable bonds is 4. The molecule has 0 saturated carbocycles. The molecule has 0 aromatic carbocycles. The van der Waals surface area contributed by atoms with E-state index in [-0.39, 0.29) is 0 Å². The van der Waals surface area contributed by atoms with Crippen LogP contribution in [0.15, 0.2) is 12.3 Å². The highest BCUT2D eigenvalue weighted by Crippen LogP contribution is 2.24. The van der Waals surface area contributed by atoms with Crippen molar-refractivity contribution < 1.29 is 0 Å². The highest BCUT2D eigenvalue weighted by atomic mass is 15.3. The Morgan fingerprint density at radius 1 is 1.28 bits per heavy atom. The molecule has 0 aliphatic heterocycles. The number of nitrogens with one attached hydrogen (secondary N) is 1. The van der Waals surface area contributed by atoms with Crippen LogP contribution >= 0.6 is 0 Å². The Hall–Kier alpha value is -1.91. The Kier molecular flexibility index (Phi) is 3.60. The normalized spacial score (nSPS) is 10.7. The average molecular weight is 245 g/mol. The number of aryl methyl sites for hydroxylation is 2. The lowest BCUT2D eigenvalue weighted by Crippen LogP contribution is -2.07. The summed E-state index contributed by atoms with van der Waals surface area (Å²) < 4.78 is 1.79. The summed E-state index contributed by atoms with van der Waals surface area (Å²) in [7, 11) is 1.91. The maximum atomic E-state index is 4.59. The molecule has 0 aliphatic rings. The first kappa shape index (κ1) is 12.5. The zero-order valence-electron chi connectivity index (χ0n) is 11.4. The van der Waals surface area contributed by atoms with Crippen molar-refractivity contribution in [2.75, 3.05) is 11.9 Å². The van der Waals surface area contributed by atoms with Crippen LogP contribution in [0.4, 0.5) is 5.82 Å². The molecule has 2 aromatic rings. The largest absolute Gasteiger partial charge is 0.370 e. The number of hydrogen-bond acceptors (Lipinski definition) is 4. The van der Waals surface area contributed by atoms with Gasteiger partial charge in [0.25, 0.3) is 0 Å². The van der Waals surface area contributed by atoms with Crippen LogP contribution in [-0.2, 0) is 13.5 Å². The summed E-state index contributed by atoms with van der Waals surface area (Å²) in [6.45, 7) is 7.00. The smallest absolute Gasteiger partial charge is 0.133 e. The standard InChI is InChI=1S/C13H19N5/c1-5-11-15-12(10-7-8-18(4)17-10)9(3)13(16-11)14-6-2/h7-8H,5-6H2,1-4H3,(H,14,15,16). The summed E-state index contributed by atoms with van der Waals surface area (Å²) in [6, 6.07) is 1.98. The van der Waals surface area contributed by atoms with E-state index >= 15 is 0 Å². The molecule has 0 unspecified atom stereocenters. The molecule has 5 heteroatoms. The number of anilines is 1. The lowest BCUT2D eigenvalue weighted by molar-refractivity contribution is 0.768. The lowest BCUT2D eigenvalue weighted by atomic mass is 10.1. The predicted octanol–water partition coefficient (Wildman–Crippen LogP) is 2.18. The molecule has 0 radical (unpaired) electrons. The van der Waals surface area contributed by atoms with E-state index < -0.39 is 0 Å². The monoisotopic (exact) mass is 245 g/mol. The molecule has 2 heterocycles. The van der Waals surface area contributed by atoms with E-state index in [1.165, 1.54) is 0 Å². The van der Waals surface area contributed by atoms with E-state index in [0.29, 0.717) is 0 Å². The van der Waals surface area contributed by atoms with Crippen molar-refractivity contribution in [2.45, 2.75) is 27.2 Å². The van der Waals surface area contributed by atoms with E-state index in [4.69, 9.17) is 0 Å². The second-order valence-corrected chi connectivity index (χ2v) is 4.22. The molecule has 0 bridgehead atoms. The Balaban J connectivity index is 2.54. The molecule has 0 amide bonds. The summed E-state index contributed by atoms with van der Waals surface area (Å²) in [5.74, 6) is 1.75. The van der Waals surface area contributed by atoms with Gasteiger partial charge in [0.05, 0.1) is 5.69 Å². The van der Waals surface area contributed by atoms with Crippen LogP contribution < -0.4 is 5.32 Å². The van der Waals surface area contributed by atoms with Crippen LogP contribution in [0, 0.1) is 6.92 Å². The van der Waals surface area contributed by atoms with Crippen LogP contribution in [0.25, 0.3) is 11.4 Å². The zero-order valence-corrected chi connectivity index (χ0v) is 11.4. The summed E-state index contributed by atoms with van der Waals surface area (Å²) in [5, 5.41) is 7.70. The van der Waals surface area contributed by atoms with Gasteiger partial charge >= 0.3 is 0 Å². The summed E-state index contributed by atoms with van der Waals surface area (Å²) in [4.78, 5) is 9.11. The zero-order chi connectivity index (χ0) is 13.1. The Morgan fingerprint density at radius 3 is 2.61 bits per heavy atom.